The summed E-state index contributed by atoms with van der Waals surface area (Å²) < 4.78 is 34.0. The number of aromatic nitrogens is 1. The van der Waals surface area contributed by atoms with E-state index >= 15 is 0 Å². The largest absolute Gasteiger partial charge is 0.547 e. The van der Waals surface area contributed by atoms with E-state index in [1.807, 2.05) is 0 Å². The van der Waals surface area contributed by atoms with Crippen molar-refractivity contribution < 1.29 is 62.5 Å². The monoisotopic (exact) mass is 730 g/mol. The third kappa shape index (κ3) is 7.45. The first kappa shape index (κ1) is 36.3. The number of nitrogens with one attached hydrogen (secondary N) is 3. The van der Waals surface area contributed by atoms with E-state index in [2.05, 4.69) is 20.9 Å². The number of carbonyl (C=O) groups is 6. The summed E-state index contributed by atoms with van der Waals surface area (Å²) in [5, 5.41) is 46.2. The Balaban J connectivity index is 1.32. The predicted octanol–water partition coefficient (Wildman–Crippen LogP) is 0.114. The van der Waals surface area contributed by atoms with Gasteiger partial charge in [0.25, 0.3) is 5.91 Å². The Morgan fingerprint density at radius 3 is 2.43 bits per heavy atom. The van der Waals surface area contributed by atoms with Gasteiger partial charge in [0, 0.05) is 49.7 Å². The quantitative estimate of drug-likeness (QED) is 0.0881. The number of hydrogen-bond donors (Lipinski definition) is 7. The minimum atomic E-state index is -2.06. The van der Waals surface area contributed by atoms with Crippen molar-refractivity contribution in [2.45, 2.75) is 18.4 Å². The molecule has 17 nitrogen and oxygen atoms in total. The standard InChI is InChI=1S/C30H26BClF2N6O11/c32-20-15(12-17(34)22(41)23(20)42)21(26(44)37-18-11-14-1-2-16(33)19(29(47)48)24(14)51-31(18)50)38-30(49)40-10-9-39(27(45)28(40)46)8-7-36-25(43)13-3-5-35-6-4-13/h1-6,12,18,21,41-42,50H,7-11H2,(H,36,43)(H,37,44)(H,38,49)(H,47,48)/t18-,21?/m0/s1. The number of carboxylic acid groups (broad SMARTS) is 1. The number of carboxylic acids is 1. The second-order valence-electron chi connectivity index (χ2n) is 11.1. The highest BCUT2D eigenvalue weighted by Gasteiger charge is 2.42. The van der Waals surface area contributed by atoms with Gasteiger partial charge in [0.05, 0.1) is 11.0 Å². The number of benzene rings is 2. The van der Waals surface area contributed by atoms with Crippen LogP contribution >= 0.6 is 11.6 Å². The van der Waals surface area contributed by atoms with Crippen molar-refractivity contribution in [3.63, 3.8) is 0 Å². The van der Waals surface area contributed by atoms with E-state index in [4.69, 9.17) is 16.3 Å². The Labute approximate surface area is 290 Å². The van der Waals surface area contributed by atoms with Crippen molar-refractivity contribution in [3.05, 3.63) is 81.6 Å². The summed E-state index contributed by atoms with van der Waals surface area (Å²) in [5.41, 5.74) is -1.11. The van der Waals surface area contributed by atoms with E-state index < -0.39 is 99.8 Å². The van der Waals surface area contributed by atoms with Gasteiger partial charge in [0.15, 0.2) is 17.3 Å². The molecule has 266 valence electrons. The van der Waals surface area contributed by atoms with E-state index in [0.717, 1.165) is 17.0 Å². The third-order valence-electron chi connectivity index (χ3n) is 7.95. The van der Waals surface area contributed by atoms with Gasteiger partial charge in [-0.25, -0.2) is 18.4 Å². The maximum atomic E-state index is 14.6. The molecule has 51 heavy (non-hydrogen) atoms. The zero-order valence-electron chi connectivity index (χ0n) is 25.9. The number of piperazine rings is 1. The van der Waals surface area contributed by atoms with E-state index in [1.165, 1.54) is 24.5 Å². The predicted molar refractivity (Wildman–Crippen MR) is 168 cm³/mol. The highest BCUT2D eigenvalue weighted by Crippen LogP contribution is 2.40. The number of carbonyl (C=O) groups excluding carboxylic acids is 5. The number of halogens is 3. The number of amides is 6. The Kier molecular flexibility index (Phi) is 10.6. The first-order chi connectivity index (χ1) is 24.2. The van der Waals surface area contributed by atoms with Crippen LogP contribution in [0.1, 0.15) is 37.9 Å². The lowest BCUT2D eigenvalue weighted by Gasteiger charge is -2.34. The first-order valence-electron chi connectivity index (χ1n) is 14.9. The van der Waals surface area contributed by atoms with Crippen molar-refractivity contribution in [1.29, 1.82) is 0 Å². The minimum absolute atomic E-state index is 0.0448. The maximum absolute atomic E-state index is 14.6. The SMILES string of the molecule is O=C(NCCN1CCN(C(=O)NC(C(=O)N[C@H]2Cc3ccc(F)c(C(=O)O)c3OB2O)c2cc(F)c(O)c(O)c2Cl)C(=O)C1=O)c1ccncc1. The van der Waals surface area contributed by atoms with Crippen LogP contribution in [0.4, 0.5) is 13.6 Å². The Morgan fingerprint density at radius 2 is 1.75 bits per heavy atom. The summed E-state index contributed by atoms with van der Waals surface area (Å²) in [4.78, 5) is 82.1. The number of imide groups is 1. The third-order valence-corrected chi connectivity index (χ3v) is 8.35. The van der Waals surface area contributed by atoms with E-state index in [-0.39, 0.29) is 38.2 Å². The number of aromatic hydroxyl groups is 2. The molecule has 1 fully saturated rings. The number of urea groups is 1. The van der Waals surface area contributed by atoms with Gasteiger partial charge in [-0.05, 0) is 36.2 Å². The number of phenolic OH excluding ortho intramolecular Hbond substituents is 2. The van der Waals surface area contributed by atoms with Crippen LogP contribution in [0.5, 0.6) is 17.2 Å². The average Bonchev–Trinajstić information content (AvgIpc) is 3.10. The van der Waals surface area contributed by atoms with Crippen LogP contribution in [0.3, 0.4) is 0 Å². The molecule has 0 aliphatic carbocycles. The van der Waals surface area contributed by atoms with E-state index in [9.17, 15) is 57.9 Å². The summed E-state index contributed by atoms with van der Waals surface area (Å²) in [7, 11) is -1.97. The van der Waals surface area contributed by atoms with Crippen molar-refractivity contribution in [1.82, 2.24) is 30.7 Å². The van der Waals surface area contributed by atoms with Gasteiger partial charge in [-0.2, -0.15) is 0 Å². The fourth-order valence-electron chi connectivity index (χ4n) is 5.33. The highest BCUT2D eigenvalue weighted by molar-refractivity contribution is 6.47. The van der Waals surface area contributed by atoms with Crippen molar-refractivity contribution in [2.24, 2.45) is 0 Å². The lowest BCUT2D eigenvalue weighted by molar-refractivity contribution is -0.153. The fraction of sp³-hybridized carbons (Fsp3) is 0.233. The normalized spacial score (nSPS) is 16.2. The lowest BCUT2D eigenvalue weighted by Crippen LogP contribution is -2.60. The Bertz CT molecular complexity index is 1940. The van der Waals surface area contributed by atoms with Gasteiger partial charge in [0.2, 0.25) is 5.91 Å². The Morgan fingerprint density at radius 1 is 1.04 bits per heavy atom. The molecule has 6 amide bonds. The molecule has 0 spiro atoms. The molecule has 3 heterocycles. The number of phenols is 2. The molecule has 5 rings (SSSR count). The molecule has 2 aliphatic heterocycles. The summed E-state index contributed by atoms with van der Waals surface area (Å²) in [6.45, 7) is -0.713. The van der Waals surface area contributed by atoms with Gasteiger partial charge < -0.3 is 45.8 Å². The maximum Gasteiger partial charge on any atom is 0.547 e. The molecule has 2 aromatic carbocycles. The topological polar surface area (TPSA) is 248 Å². The van der Waals surface area contributed by atoms with Crippen LogP contribution in [-0.4, -0.2) is 110 Å². The van der Waals surface area contributed by atoms with Crippen LogP contribution in [-0.2, 0) is 20.8 Å². The summed E-state index contributed by atoms with van der Waals surface area (Å²) >= 11 is 6.11. The molecule has 3 aromatic rings. The number of rotatable bonds is 9. The average molecular weight is 731 g/mol. The second-order valence-corrected chi connectivity index (χ2v) is 11.5. The van der Waals surface area contributed by atoms with Gasteiger partial charge in [-0.15, -0.1) is 0 Å². The molecule has 7 N–H and O–H groups in total. The fourth-order valence-corrected chi connectivity index (χ4v) is 5.59. The molecule has 0 saturated carbocycles. The van der Waals surface area contributed by atoms with Crippen LogP contribution in [0.15, 0.2) is 42.7 Å². The smallest absolute Gasteiger partial charge is 0.534 e. The Hall–Kier alpha value is -6.02. The summed E-state index contributed by atoms with van der Waals surface area (Å²) in [5.74, 6) is -12.8. The zero-order chi connectivity index (χ0) is 37.1. The van der Waals surface area contributed by atoms with Crippen molar-refractivity contribution in [2.75, 3.05) is 26.2 Å². The van der Waals surface area contributed by atoms with Crippen LogP contribution in [0, 0.1) is 11.6 Å². The molecular formula is C30H26BClF2N6O11. The number of nitrogens with zero attached hydrogens (tertiary/aromatic N) is 3. The van der Waals surface area contributed by atoms with Gasteiger partial charge in [-0.1, -0.05) is 17.7 Å². The second kappa shape index (κ2) is 14.8. The van der Waals surface area contributed by atoms with Gasteiger partial charge in [-0.3, -0.25) is 29.1 Å². The zero-order valence-corrected chi connectivity index (χ0v) is 26.7. The summed E-state index contributed by atoms with van der Waals surface area (Å²) in [6, 6.07) is 2.05. The molecule has 2 aliphatic rings. The molecule has 0 bridgehead atoms. The first-order valence-corrected chi connectivity index (χ1v) is 15.3. The van der Waals surface area contributed by atoms with Crippen LogP contribution in [0.25, 0.3) is 0 Å². The molecule has 1 saturated heterocycles. The molecule has 0 radical (unpaired) electrons. The minimum Gasteiger partial charge on any atom is -0.534 e. The molecule has 1 unspecified atom stereocenters. The summed E-state index contributed by atoms with van der Waals surface area (Å²) in [6.07, 6.45) is 2.50. The number of aromatic carboxylic acids is 1. The van der Waals surface area contributed by atoms with Crippen molar-refractivity contribution >= 4 is 54.3 Å². The number of fused-ring (bicyclic) bond motifs is 1. The molecule has 21 heteroatoms. The van der Waals surface area contributed by atoms with E-state index in [1.54, 1.807) is 0 Å². The molecular weight excluding hydrogens is 705 g/mol. The van der Waals surface area contributed by atoms with E-state index in [0.29, 0.717) is 16.5 Å². The highest BCUT2D eigenvalue weighted by atomic mass is 35.5. The lowest BCUT2D eigenvalue weighted by atomic mass is 9.72. The van der Waals surface area contributed by atoms with Crippen LogP contribution < -0.4 is 20.6 Å². The van der Waals surface area contributed by atoms with Gasteiger partial charge >= 0.3 is 30.9 Å². The van der Waals surface area contributed by atoms with Crippen LogP contribution in [0.2, 0.25) is 5.02 Å². The number of hydrogen-bond acceptors (Lipinski definition) is 11. The molecule has 2 atom stereocenters. The van der Waals surface area contributed by atoms with Gasteiger partial charge in [0.1, 0.15) is 23.2 Å². The molecule has 1 aromatic heterocycles. The number of pyridine rings is 1. The van der Waals surface area contributed by atoms with Crippen molar-refractivity contribution in [3.8, 4) is 17.2 Å².